The number of rotatable bonds is 8. The van der Waals surface area contributed by atoms with Crippen molar-refractivity contribution in [2.24, 2.45) is 5.92 Å². The highest BCUT2D eigenvalue weighted by Crippen LogP contribution is 2.28. The number of carbonyl (C=O) groups excluding carboxylic acids is 1. The summed E-state index contributed by atoms with van der Waals surface area (Å²) >= 11 is 10.6. The summed E-state index contributed by atoms with van der Waals surface area (Å²) in [5, 5.41) is 18.1. The van der Waals surface area contributed by atoms with Gasteiger partial charge in [0.25, 0.3) is 5.91 Å². The fraction of sp³-hybridized carbons (Fsp3) is 0.565. The molecule has 1 amide bonds. The zero-order valence-corrected chi connectivity index (χ0v) is 19.5. The molecule has 3 rings (SSSR count). The summed E-state index contributed by atoms with van der Waals surface area (Å²) in [6.45, 7) is 5.12. The number of hydrogen-bond acceptors (Lipinski definition) is 4. The fourth-order valence-electron chi connectivity index (χ4n) is 4.15. The van der Waals surface area contributed by atoms with Gasteiger partial charge in [0.2, 0.25) is 0 Å². The van der Waals surface area contributed by atoms with Crippen molar-refractivity contribution < 1.29 is 9.90 Å². The number of thiol groups is 1. The largest absolute Gasteiger partial charge is 0.390 e. The average Bonchev–Trinajstić information content (AvgIpc) is 3.18. The number of nitrogens with one attached hydrogen (secondary N) is 1. The van der Waals surface area contributed by atoms with Crippen molar-refractivity contribution in [3.05, 3.63) is 40.5 Å². The molecule has 0 saturated carbocycles. The van der Waals surface area contributed by atoms with Gasteiger partial charge in [0.15, 0.2) is 0 Å². The number of aromatic nitrogens is 2. The van der Waals surface area contributed by atoms with E-state index in [1.807, 2.05) is 36.9 Å². The maximum atomic E-state index is 12.9. The van der Waals surface area contributed by atoms with Gasteiger partial charge >= 0.3 is 0 Å². The molecule has 0 spiro atoms. The van der Waals surface area contributed by atoms with Gasteiger partial charge < -0.3 is 10.0 Å². The Morgan fingerprint density at radius 1 is 1.30 bits per heavy atom. The molecule has 0 aliphatic carbocycles. The van der Waals surface area contributed by atoms with E-state index in [2.05, 4.69) is 28.9 Å². The molecule has 1 aliphatic rings. The Hall–Kier alpha value is -1.50. The Kier molecular flexibility index (Phi) is 7.88. The summed E-state index contributed by atoms with van der Waals surface area (Å²) in [5.74, 6) is 1.32. The molecule has 0 radical (unpaired) electrons. The van der Waals surface area contributed by atoms with Crippen molar-refractivity contribution in [3.63, 3.8) is 0 Å². The van der Waals surface area contributed by atoms with E-state index in [1.165, 1.54) is 0 Å². The molecule has 30 heavy (non-hydrogen) atoms. The number of amides is 1. The van der Waals surface area contributed by atoms with E-state index < -0.39 is 5.60 Å². The van der Waals surface area contributed by atoms with Crippen LogP contribution in [-0.4, -0.2) is 50.6 Å². The van der Waals surface area contributed by atoms with Gasteiger partial charge in [0, 0.05) is 23.7 Å². The van der Waals surface area contributed by atoms with Gasteiger partial charge in [-0.3, -0.25) is 9.89 Å². The Labute approximate surface area is 189 Å². The first kappa shape index (κ1) is 23.2. The average molecular weight is 450 g/mol. The van der Waals surface area contributed by atoms with E-state index in [9.17, 15) is 9.90 Å². The molecule has 2 N–H and O–H groups in total. The van der Waals surface area contributed by atoms with Crippen LogP contribution in [0.5, 0.6) is 0 Å². The molecule has 1 aromatic carbocycles. The summed E-state index contributed by atoms with van der Waals surface area (Å²) in [5.41, 5.74) is 2.67. The number of unbranched alkanes of at least 4 members (excludes halogenated alkanes) is 1. The number of hydrogen-bond donors (Lipinski definition) is 3. The van der Waals surface area contributed by atoms with Crippen molar-refractivity contribution in [1.82, 2.24) is 15.1 Å². The molecule has 1 aromatic heterocycles. The molecule has 164 valence electrons. The molecule has 1 fully saturated rings. The molecule has 0 bridgehead atoms. The Bertz CT molecular complexity index is 854. The van der Waals surface area contributed by atoms with Crippen LogP contribution in [0.2, 0.25) is 5.02 Å². The topological polar surface area (TPSA) is 69.2 Å². The minimum Gasteiger partial charge on any atom is -0.390 e. The summed E-state index contributed by atoms with van der Waals surface area (Å²) in [7, 11) is 0. The molecule has 1 aliphatic heterocycles. The Morgan fingerprint density at radius 2 is 2.03 bits per heavy atom. The summed E-state index contributed by atoms with van der Waals surface area (Å²) < 4.78 is 0. The van der Waals surface area contributed by atoms with Gasteiger partial charge in [-0.1, -0.05) is 17.7 Å². The van der Waals surface area contributed by atoms with Crippen molar-refractivity contribution >= 4 is 30.1 Å². The van der Waals surface area contributed by atoms with Gasteiger partial charge in [-0.15, -0.1) is 0 Å². The van der Waals surface area contributed by atoms with E-state index in [-0.39, 0.29) is 5.91 Å². The number of benzene rings is 1. The van der Waals surface area contributed by atoms with Crippen LogP contribution in [0.4, 0.5) is 0 Å². The Balaban J connectivity index is 1.64. The second-order valence-electron chi connectivity index (χ2n) is 8.91. The van der Waals surface area contributed by atoms with Crippen LogP contribution in [-0.2, 0) is 6.42 Å². The predicted molar refractivity (Wildman–Crippen MR) is 125 cm³/mol. The third kappa shape index (κ3) is 6.25. The van der Waals surface area contributed by atoms with Crippen LogP contribution in [0.25, 0.3) is 11.3 Å². The SMILES string of the molecule is CC(C)(O)CC1CCN(C(=O)c2cc(-c3ccc(Cl)c(CCCCS)c3)n[nH]2)CC1. The summed E-state index contributed by atoms with van der Waals surface area (Å²) in [6, 6.07) is 7.73. The lowest BCUT2D eigenvalue weighted by atomic mass is 9.86. The van der Waals surface area contributed by atoms with Crippen molar-refractivity contribution in [3.8, 4) is 11.3 Å². The van der Waals surface area contributed by atoms with Gasteiger partial charge in [-0.25, -0.2) is 0 Å². The number of halogens is 1. The normalized spacial score (nSPS) is 15.6. The highest BCUT2D eigenvalue weighted by atomic mass is 35.5. The molecule has 0 unspecified atom stereocenters. The number of likely N-dealkylation sites (tertiary alicyclic amines) is 1. The number of carbonyl (C=O) groups is 1. The number of aromatic amines is 1. The first-order chi connectivity index (χ1) is 14.3. The second kappa shape index (κ2) is 10.2. The first-order valence-corrected chi connectivity index (χ1v) is 11.7. The number of piperidine rings is 1. The molecule has 0 atom stereocenters. The van der Waals surface area contributed by atoms with E-state index in [0.717, 1.165) is 66.1 Å². The second-order valence-corrected chi connectivity index (χ2v) is 9.76. The third-order valence-electron chi connectivity index (χ3n) is 5.69. The van der Waals surface area contributed by atoms with E-state index >= 15 is 0 Å². The minimum atomic E-state index is -0.653. The zero-order valence-electron chi connectivity index (χ0n) is 17.8. The first-order valence-electron chi connectivity index (χ1n) is 10.7. The standard InChI is InChI=1S/C23H32ClN3O2S/c1-23(2,29)15-16-8-10-27(11-9-16)22(28)21-14-20(25-26-21)18-6-7-19(24)17(13-18)5-3-4-12-30/h6-7,13-14,16,29-30H,3-5,8-12,15H2,1-2H3,(H,25,26). The van der Waals surface area contributed by atoms with Crippen LogP contribution in [0.1, 0.15) is 62.0 Å². The fourth-order valence-corrected chi connectivity index (χ4v) is 4.58. The van der Waals surface area contributed by atoms with Crippen LogP contribution in [0.3, 0.4) is 0 Å². The number of aliphatic hydroxyl groups is 1. The van der Waals surface area contributed by atoms with Crippen LogP contribution in [0.15, 0.2) is 24.3 Å². The van der Waals surface area contributed by atoms with Crippen molar-refractivity contribution in [2.45, 2.75) is 58.0 Å². The maximum absolute atomic E-state index is 12.9. The van der Waals surface area contributed by atoms with Gasteiger partial charge in [-0.2, -0.15) is 17.7 Å². The van der Waals surface area contributed by atoms with Crippen LogP contribution in [0, 0.1) is 5.92 Å². The van der Waals surface area contributed by atoms with Crippen LogP contribution < -0.4 is 0 Å². The zero-order chi connectivity index (χ0) is 21.7. The van der Waals surface area contributed by atoms with E-state index in [4.69, 9.17) is 11.6 Å². The molecule has 5 nitrogen and oxygen atoms in total. The van der Waals surface area contributed by atoms with Crippen molar-refractivity contribution in [1.29, 1.82) is 0 Å². The lowest BCUT2D eigenvalue weighted by molar-refractivity contribution is 0.0357. The summed E-state index contributed by atoms with van der Waals surface area (Å²) in [6.07, 6.45) is 5.61. The molecular weight excluding hydrogens is 418 g/mol. The predicted octanol–water partition coefficient (Wildman–Crippen LogP) is 5.00. The van der Waals surface area contributed by atoms with Gasteiger partial charge in [0.1, 0.15) is 5.69 Å². The highest BCUT2D eigenvalue weighted by Gasteiger charge is 2.28. The number of H-pyrrole nitrogens is 1. The highest BCUT2D eigenvalue weighted by molar-refractivity contribution is 7.80. The van der Waals surface area contributed by atoms with Crippen molar-refractivity contribution in [2.75, 3.05) is 18.8 Å². The molecular formula is C23H32ClN3O2S. The molecule has 2 aromatic rings. The maximum Gasteiger partial charge on any atom is 0.271 e. The lowest BCUT2D eigenvalue weighted by Crippen LogP contribution is -2.40. The lowest BCUT2D eigenvalue weighted by Gasteiger charge is -2.34. The minimum absolute atomic E-state index is 0.0153. The van der Waals surface area contributed by atoms with Gasteiger partial charge in [0.05, 0.1) is 11.3 Å². The number of aryl methyl sites for hydroxylation is 1. The van der Waals surface area contributed by atoms with Crippen LogP contribution >= 0.6 is 24.2 Å². The Morgan fingerprint density at radius 3 is 2.70 bits per heavy atom. The monoisotopic (exact) mass is 449 g/mol. The van der Waals surface area contributed by atoms with E-state index in [0.29, 0.717) is 24.7 Å². The number of nitrogens with zero attached hydrogens (tertiary/aromatic N) is 2. The van der Waals surface area contributed by atoms with E-state index in [1.54, 1.807) is 0 Å². The molecule has 1 saturated heterocycles. The third-order valence-corrected chi connectivity index (χ3v) is 6.38. The van der Waals surface area contributed by atoms with Gasteiger partial charge in [-0.05, 0) is 87.8 Å². The quantitative estimate of drug-likeness (QED) is 0.392. The molecule has 2 heterocycles. The smallest absolute Gasteiger partial charge is 0.271 e. The molecule has 7 heteroatoms. The summed E-state index contributed by atoms with van der Waals surface area (Å²) in [4.78, 5) is 14.8.